The molecule has 2 aliphatic carbocycles. The Balaban J connectivity index is 1.48. The van der Waals surface area contributed by atoms with Gasteiger partial charge in [-0.2, -0.15) is 0 Å². The van der Waals surface area contributed by atoms with Gasteiger partial charge in [0.05, 0.1) is 10.9 Å². The molecule has 2 fully saturated rings. The highest BCUT2D eigenvalue weighted by Crippen LogP contribution is 2.53. The Kier molecular flexibility index (Phi) is 6.22. The van der Waals surface area contributed by atoms with Gasteiger partial charge in [0.2, 0.25) is 5.91 Å². The van der Waals surface area contributed by atoms with Gasteiger partial charge >= 0.3 is 0 Å². The Labute approximate surface area is 220 Å². The second-order valence-corrected chi connectivity index (χ2v) is 13.3. The van der Waals surface area contributed by atoms with Gasteiger partial charge in [0, 0.05) is 12.5 Å². The molecule has 1 aliphatic heterocycles. The van der Waals surface area contributed by atoms with Crippen LogP contribution in [0.3, 0.4) is 0 Å². The molecule has 0 spiro atoms. The van der Waals surface area contributed by atoms with E-state index in [1.54, 1.807) is 12.1 Å². The predicted molar refractivity (Wildman–Crippen MR) is 147 cm³/mol. The molecule has 0 radical (unpaired) electrons. The van der Waals surface area contributed by atoms with Crippen LogP contribution in [0.1, 0.15) is 61.6 Å². The minimum atomic E-state index is -3.76. The number of aryl methyl sites for hydroxylation is 2. The molecule has 6 rings (SSSR count). The summed E-state index contributed by atoms with van der Waals surface area (Å²) in [7, 11) is -3.76. The Hall–Kier alpha value is -2.92. The van der Waals surface area contributed by atoms with Crippen molar-refractivity contribution < 1.29 is 13.2 Å². The van der Waals surface area contributed by atoms with Crippen LogP contribution in [0.4, 0.5) is 0 Å². The fraction of sp³-hybridized carbons (Fsp3) is 0.406. The zero-order valence-corrected chi connectivity index (χ0v) is 22.3. The molecular formula is C32H35NO3S. The van der Waals surface area contributed by atoms with Crippen LogP contribution < -0.4 is 0 Å². The minimum Gasteiger partial charge on any atom is -0.337 e. The summed E-state index contributed by atoms with van der Waals surface area (Å²) in [5.41, 5.74) is 5.26. The van der Waals surface area contributed by atoms with Gasteiger partial charge < -0.3 is 4.90 Å². The van der Waals surface area contributed by atoms with Gasteiger partial charge in [0.15, 0.2) is 9.84 Å². The third kappa shape index (κ3) is 3.94. The first kappa shape index (κ1) is 24.4. The SMILES string of the molecule is Cc1ccc(S(=O)(=O)C23CCN(C(=O)C4CCCCC4)C2CCc2cc(-c4ccccc4)ccc23)cc1. The number of sulfone groups is 1. The fourth-order valence-corrected chi connectivity index (χ4v) is 9.48. The number of hydrogen-bond acceptors (Lipinski definition) is 3. The van der Waals surface area contributed by atoms with E-state index in [2.05, 4.69) is 24.3 Å². The number of amides is 1. The van der Waals surface area contributed by atoms with Crippen LogP contribution in [-0.4, -0.2) is 31.8 Å². The second kappa shape index (κ2) is 9.43. The molecule has 3 aromatic rings. The molecule has 0 bridgehead atoms. The number of carbonyl (C=O) groups excluding carboxylic acids is 1. The van der Waals surface area contributed by atoms with Crippen molar-refractivity contribution in [2.24, 2.45) is 5.92 Å². The smallest absolute Gasteiger partial charge is 0.225 e. The first-order valence-corrected chi connectivity index (χ1v) is 15.2. The van der Waals surface area contributed by atoms with Gasteiger partial charge in [0.1, 0.15) is 4.75 Å². The molecule has 3 aliphatic rings. The van der Waals surface area contributed by atoms with E-state index >= 15 is 0 Å². The standard InChI is InChI=1S/C32H35NO3S/c1-23-12-16-28(17-13-23)37(35,36)32-20-21-33(31(34)25-10-6-3-7-11-25)30(32)19-15-27-22-26(14-18-29(27)32)24-8-4-2-5-9-24/h2,4-5,8-9,12-14,16-18,22,25,30H,3,6-7,10-11,15,19-21H2,1H3. The van der Waals surface area contributed by atoms with Crippen molar-refractivity contribution in [1.29, 1.82) is 0 Å². The van der Waals surface area contributed by atoms with E-state index in [0.717, 1.165) is 59.9 Å². The Morgan fingerprint density at radius 3 is 2.32 bits per heavy atom. The molecule has 1 amide bonds. The average Bonchev–Trinajstić information content (AvgIpc) is 3.35. The average molecular weight is 514 g/mol. The van der Waals surface area contributed by atoms with Crippen LogP contribution in [0.2, 0.25) is 0 Å². The summed E-state index contributed by atoms with van der Waals surface area (Å²) >= 11 is 0. The summed E-state index contributed by atoms with van der Waals surface area (Å²) in [6, 6.07) is 23.4. The van der Waals surface area contributed by atoms with E-state index in [-0.39, 0.29) is 17.9 Å². The largest absolute Gasteiger partial charge is 0.337 e. The maximum absolute atomic E-state index is 14.6. The van der Waals surface area contributed by atoms with E-state index in [0.29, 0.717) is 24.3 Å². The lowest BCUT2D eigenvalue weighted by Crippen LogP contribution is -2.53. The van der Waals surface area contributed by atoms with Crippen molar-refractivity contribution >= 4 is 15.7 Å². The highest BCUT2D eigenvalue weighted by Gasteiger charge is 2.61. The van der Waals surface area contributed by atoms with Gasteiger partial charge in [-0.15, -0.1) is 0 Å². The molecule has 2 unspecified atom stereocenters. The third-order valence-corrected chi connectivity index (χ3v) is 11.6. The molecule has 2 atom stereocenters. The van der Waals surface area contributed by atoms with E-state index in [1.807, 2.05) is 48.2 Å². The molecule has 1 saturated carbocycles. The van der Waals surface area contributed by atoms with Crippen molar-refractivity contribution in [3.63, 3.8) is 0 Å². The van der Waals surface area contributed by atoms with Gasteiger partial charge in [-0.25, -0.2) is 8.42 Å². The van der Waals surface area contributed by atoms with E-state index in [1.165, 1.54) is 6.42 Å². The number of fused-ring (bicyclic) bond motifs is 3. The summed E-state index contributed by atoms with van der Waals surface area (Å²) in [5, 5.41) is 0. The predicted octanol–water partition coefficient (Wildman–Crippen LogP) is 6.46. The fourth-order valence-electron chi connectivity index (χ4n) is 7.11. The molecule has 5 heteroatoms. The number of nitrogens with zero attached hydrogens (tertiary/aromatic N) is 1. The lowest BCUT2D eigenvalue weighted by Gasteiger charge is -2.43. The zero-order chi connectivity index (χ0) is 25.6. The topological polar surface area (TPSA) is 54.5 Å². The lowest BCUT2D eigenvalue weighted by atomic mass is 9.77. The quantitative estimate of drug-likeness (QED) is 0.402. The Bertz CT molecular complexity index is 1410. The molecule has 1 heterocycles. The van der Waals surface area contributed by atoms with E-state index in [4.69, 9.17) is 0 Å². The first-order chi connectivity index (χ1) is 17.9. The van der Waals surface area contributed by atoms with Crippen LogP contribution in [0.15, 0.2) is 77.7 Å². The van der Waals surface area contributed by atoms with Gasteiger partial charge in [-0.05, 0) is 73.4 Å². The summed E-state index contributed by atoms with van der Waals surface area (Å²) < 4.78 is 28.1. The third-order valence-electron chi connectivity index (χ3n) is 9.04. The van der Waals surface area contributed by atoms with Crippen molar-refractivity contribution in [3.05, 3.63) is 89.5 Å². The zero-order valence-electron chi connectivity index (χ0n) is 21.5. The molecule has 37 heavy (non-hydrogen) atoms. The maximum atomic E-state index is 14.6. The van der Waals surface area contributed by atoms with Crippen molar-refractivity contribution in [1.82, 2.24) is 4.90 Å². The number of carbonyl (C=O) groups is 1. The summed E-state index contributed by atoms with van der Waals surface area (Å²) in [4.78, 5) is 16.1. The number of rotatable bonds is 4. The van der Waals surface area contributed by atoms with Crippen LogP contribution in [0.5, 0.6) is 0 Å². The molecular weight excluding hydrogens is 478 g/mol. The Morgan fingerprint density at radius 1 is 0.865 bits per heavy atom. The molecule has 4 nitrogen and oxygen atoms in total. The molecule has 0 aromatic heterocycles. The van der Waals surface area contributed by atoms with Crippen LogP contribution in [0.25, 0.3) is 11.1 Å². The van der Waals surface area contributed by atoms with Crippen LogP contribution >= 0.6 is 0 Å². The summed E-state index contributed by atoms with van der Waals surface area (Å²) in [6.07, 6.45) is 7.13. The van der Waals surface area contributed by atoms with Gasteiger partial charge in [-0.1, -0.05) is 85.5 Å². The molecule has 1 saturated heterocycles. The highest BCUT2D eigenvalue weighted by molar-refractivity contribution is 7.92. The lowest BCUT2D eigenvalue weighted by molar-refractivity contribution is -0.137. The van der Waals surface area contributed by atoms with Crippen LogP contribution in [-0.2, 0) is 25.8 Å². The van der Waals surface area contributed by atoms with Crippen molar-refractivity contribution in [2.45, 2.75) is 74.0 Å². The van der Waals surface area contributed by atoms with Crippen molar-refractivity contribution in [3.8, 4) is 11.1 Å². The molecule has 0 N–H and O–H groups in total. The maximum Gasteiger partial charge on any atom is 0.225 e. The monoisotopic (exact) mass is 513 g/mol. The first-order valence-electron chi connectivity index (χ1n) is 13.7. The highest BCUT2D eigenvalue weighted by atomic mass is 32.2. The second-order valence-electron chi connectivity index (χ2n) is 11.1. The summed E-state index contributed by atoms with van der Waals surface area (Å²) in [6.45, 7) is 2.48. The number of likely N-dealkylation sites (tertiary alicyclic amines) is 1. The molecule has 192 valence electrons. The van der Waals surface area contributed by atoms with E-state index < -0.39 is 14.6 Å². The van der Waals surface area contributed by atoms with Gasteiger partial charge in [0.25, 0.3) is 0 Å². The van der Waals surface area contributed by atoms with Crippen LogP contribution in [0, 0.1) is 12.8 Å². The number of hydrogen-bond donors (Lipinski definition) is 0. The minimum absolute atomic E-state index is 0.0356. The summed E-state index contributed by atoms with van der Waals surface area (Å²) in [5.74, 6) is 0.212. The number of benzene rings is 3. The van der Waals surface area contributed by atoms with Crippen molar-refractivity contribution in [2.75, 3.05) is 6.54 Å². The van der Waals surface area contributed by atoms with E-state index in [9.17, 15) is 13.2 Å². The van der Waals surface area contributed by atoms with Gasteiger partial charge in [-0.3, -0.25) is 4.79 Å². The molecule has 3 aromatic carbocycles. The Morgan fingerprint density at radius 2 is 1.59 bits per heavy atom. The normalized spacial score (nSPS) is 23.9.